The number of ether oxygens (including phenoxy) is 3. The van der Waals surface area contributed by atoms with Crippen LogP contribution in [-0.2, 0) is 23.7 Å². The van der Waals surface area contributed by atoms with E-state index in [0.29, 0.717) is 0 Å². The summed E-state index contributed by atoms with van der Waals surface area (Å²) in [5.74, 6) is 1.16. The fraction of sp³-hybridized carbons (Fsp3) is 0.789. The molecule has 0 saturated carbocycles. The van der Waals surface area contributed by atoms with Gasteiger partial charge in [-0.25, -0.2) is 9.59 Å². The molecule has 1 unspecified atom stereocenters. The summed E-state index contributed by atoms with van der Waals surface area (Å²) in [5.41, 5.74) is -1.71. The molecule has 0 N–H and O–H groups in total. The highest BCUT2D eigenvalue weighted by atomic mass is 16.6. The zero-order valence-electron chi connectivity index (χ0n) is 18.4. The van der Waals surface area contributed by atoms with Crippen molar-refractivity contribution in [2.75, 3.05) is 20.8 Å². The molecule has 0 aliphatic heterocycles. The number of rotatable bonds is 9. The Bertz CT molecular complexity index is 525. The zero-order valence-corrected chi connectivity index (χ0v) is 18.4. The fourth-order valence-electron chi connectivity index (χ4n) is 1.84. The first-order valence-electron chi connectivity index (χ1n) is 8.97. The molecular weight excluding hydrogens is 349 g/mol. The van der Waals surface area contributed by atoms with E-state index in [4.69, 9.17) is 18.9 Å². The van der Waals surface area contributed by atoms with E-state index >= 15 is 0 Å². The molecule has 1 amide bonds. The Balaban J connectivity index is 4.97. The van der Waals surface area contributed by atoms with Crippen LogP contribution in [0, 0.1) is 0 Å². The van der Waals surface area contributed by atoms with Gasteiger partial charge in [0, 0.05) is 13.7 Å². The van der Waals surface area contributed by atoms with Gasteiger partial charge in [0.1, 0.15) is 11.6 Å². The summed E-state index contributed by atoms with van der Waals surface area (Å²) in [7, 11) is 4.45. The van der Waals surface area contributed by atoms with Crippen molar-refractivity contribution in [3.8, 4) is 0 Å². The summed E-state index contributed by atoms with van der Waals surface area (Å²) in [6, 6.07) is -0.778. The first kappa shape index (κ1) is 25.5. The summed E-state index contributed by atoms with van der Waals surface area (Å²) >= 11 is 0. The number of nitrogens with zero attached hydrogens (tertiary/aromatic N) is 1. The largest absolute Gasteiger partial charge is 0.467 e. The van der Waals surface area contributed by atoms with Crippen molar-refractivity contribution in [2.45, 2.75) is 78.2 Å². The van der Waals surface area contributed by atoms with E-state index in [2.05, 4.69) is 0 Å². The lowest BCUT2D eigenvalue weighted by atomic mass is 9.86. The van der Waals surface area contributed by atoms with Crippen LogP contribution >= 0.6 is 0 Å². The minimum Gasteiger partial charge on any atom is -0.467 e. The topological polar surface area (TPSA) is 74.3 Å². The van der Waals surface area contributed by atoms with Crippen LogP contribution in [-0.4, -0.2) is 68.1 Å². The predicted octanol–water partition coefficient (Wildman–Crippen LogP) is 3.14. The maximum absolute atomic E-state index is 12.4. The van der Waals surface area contributed by atoms with Crippen molar-refractivity contribution >= 4 is 19.5 Å². The SMILES string of the molecule is COC(=O)C(C)N(C/C=C/[B]OC(C)(C)C(C)(C)OC)C(=O)OC(C)(C)C. The molecule has 0 aromatic carbocycles. The minimum absolute atomic E-state index is 0.166. The highest BCUT2D eigenvalue weighted by Gasteiger charge is 2.37. The van der Waals surface area contributed by atoms with Gasteiger partial charge in [-0.15, -0.1) is 0 Å². The molecule has 0 rings (SSSR count). The lowest BCUT2D eigenvalue weighted by Crippen LogP contribution is -2.49. The fourth-order valence-corrected chi connectivity index (χ4v) is 1.84. The van der Waals surface area contributed by atoms with Gasteiger partial charge in [-0.3, -0.25) is 4.90 Å². The summed E-state index contributed by atoms with van der Waals surface area (Å²) < 4.78 is 21.3. The van der Waals surface area contributed by atoms with Crippen molar-refractivity contribution in [1.82, 2.24) is 4.90 Å². The number of esters is 1. The first-order chi connectivity index (χ1) is 12.2. The van der Waals surface area contributed by atoms with E-state index < -0.39 is 34.9 Å². The van der Waals surface area contributed by atoms with E-state index in [1.54, 1.807) is 46.9 Å². The van der Waals surface area contributed by atoms with Crippen molar-refractivity contribution < 1.29 is 28.5 Å². The normalized spacial score (nSPS) is 14.0. The molecule has 27 heavy (non-hydrogen) atoms. The van der Waals surface area contributed by atoms with Crippen molar-refractivity contribution in [1.29, 1.82) is 0 Å². The van der Waals surface area contributed by atoms with Crippen LogP contribution in [0.25, 0.3) is 0 Å². The van der Waals surface area contributed by atoms with E-state index in [-0.39, 0.29) is 6.54 Å². The van der Waals surface area contributed by atoms with Crippen LogP contribution in [0.3, 0.4) is 0 Å². The number of hydrogen-bond donors (Lipinski definition) is 0. The number of carbonyl (C=O) groups excluding carboxylic acids is 2. The lowest BCUT2D eigenvalue weighted by Gasteiger charge is -2.40. The summed E-state index contributed by atoms with van der Waals surface area (Å²) in [6.45, 7) is 14.8. The molecule has 8 heteroatoms. The second-order valence-corrected chi connectivity index (χ2v) is 8.24. The average Bonchev–Trinajstić information content (AvgIpc) is 2.54. The monoisotopic (exact) mass is 384 g/mol. The molecule has 155 valence electrons. The van der Waals surface area contributed by atoms with Crippen LogP contribution in [0.15, 0.2) is 12.1 Å². The Kier molecular flexibility index (Phi) is 9.55. The van der Waals surface area contributed by atoms with Crippen molar-refractivity contribution in [2.24, 2.45) is 0 Å². The molecule has 0 aliphatic rings. The second kappa shape index (κ2) is 10.1. The highest BCUT2D eigenvalue weighted by Crippen LogP contribution is 2.27. The molecule has 7 nitrogen and oxygen atoms in total. The smallest absolute Gasteiger partial charge is 0.411 e. The molecule has 0 fully saturated rings. The average molecular weight is 384 g/mol. The van der Waals surface area contributed by atoms with Gasteiger partial charge in [0.15, 0.2) is 0 Å². The molecule has 0 spiro atoms. The van der Waals surface area contributed by atoms with E-state index in [1.807, 2.05) is 27.7 Å². The zero-order chi connectivity index (χ0) is 21.5. The standard InChI is InChI=1S/C19H35BNO6/c1-14(15(22)24-9)21(16(23)26-17(2,3)4)13-11-12-20-27-19(7,8)18(5,6)25-10/h11-12,14H,13H2,1-10H3/b12-11+. The molecule has 0 aliphatic carbocycles. The van der Waals surface area contributed by atoms with E-state index in [9.17, 15) is 9.59 Å². The summed E-state index contributed by atoms with van der Waals surface area (Å²) in [6.07, 6.45) is 1.12. The molecular formula is C19H35BNO6. The van der Waals surface area contributed by atoms with Gasteiger partial charge in [0.05, 0.1) is 18.3 Å². The predicted molar refractivity (Wildman–Crippen MR) is 106 cm³/mol. The van der Waals surface area contributed by atoms with Crippen LogP contribution in [0.4, 0.5) is 4.79 Å². The van der Waals surface area contributed by atoms with E-state index in [1.165, 1.54) is 19.5 Å². The molecule has 0 bridgehead atoms. The number of carbonyl (C=O) groups is 2. The van der Waals surface area contributed by atoms with Gasteiger partial charge in [0.2, 0.25) is 0 Å². The first-order valence-corrected chi connectivity index (χ1v) is 8.97. The Morgan fingerprint density at radius 1 is 1.04 bits per heavy atom. The van der Waals surface area contributed by atoms with Crippen molar-refractivity contribution in [3.63, 3.8) is 0 Å². The number of amides is 1. The molecule has 1 radical (unpaired) electrons. The van der Waals surface area contributed by atoms with Crippen molar-refractivity contribution in [3.05, 3.63) is 12.1 Å². The van der Waals surface area contributed by atoms with Crippen LogP contribution in [0.5, 0.6) is 0 Å². The Morgan fingerprint density at radius 2 is 1.59 bits per heavy atom. The maximum Gasteiger partial charge on any atom is 0.411 e. The highest BCUT2D eigenvalue weighted by molar-refractivity contribution is 6.34. The van der Waals surface area contributed by atoms with Crippen LogP contribution in [0.1, 0.15) is 55.4 Å². The number of methoxy groups -OCH3 is 2. The van der Waals surface area contributed by atoms with Gasteiger partial charge in [-0.1, -0.05) is 12.1 Å². The van der Waals surface area contributed by atoms with Gasteiger partial charge >= 0.3 is 19.5 Å². The Hall–Kier alpha value is -1.54. The molecule has 1 atom stereocenters. The van der Waals surface area contributed by atoms with Gasteiger partial charge in [-0.2, -0.15) is 0 Å². The van der Waals surface area contributed by atoms with Gasteiger partial charge < -0.3 is 18.9 Å². The molecule has 0 saturated heterocycles. The van der Waals surface area contributed by atoms with E-state index in [0.717, 1.165) is 0 Å². The third-order valence-corrected chi connectivity index (χ3v) is 4.48. The second-order valence-electron chi connectivity index (χ2n) is 8.24. The summed E-state index contributed by atoms with van der Waals surface area (Å²) in [4.78, 5) is 25.6. The quantitative estimate of drug-likeness (QED) is 0.449. The molecule has 0 aromatic rings. The van der Waals surface area contributed by atoms with Gasteiger partial charge in [0.25, 0.3) is 0 Å². The Labute approximate surface area is 164 Å². The molecule has 0 heterocycles. The third kappa shape index (κ3) is 8.34. The number of hydrogen-bond acceptors (Lipinski definition) is 6. The van der Waals surface area contributed by atoms with Gasteiger partial charge in [-0.05, 0) is 55.4 Å². The summed E-state index contributed by atoms with van der Waals surface area (Å²) in [5, 5.41) is 0. The maximum atomic E-state index is 12.4. The molecule has 0 aromatic heterocycles. The van der Waals surface area contributed by atoms with Crippen LogP contribution in [0.2, 0.25) is 0 Å². The third-order valence-electron chi connectivity index (χ3n) is 4.48. The Morgan fingerprint density at radius 3 is 2.04 bits per heavy atom. The minimum atomic E-state index is -0.778. The van der Waals surface area contributed by atoms with Crippen LogP contribution < -0.4 is 0 Å². The lowest BCUT2D eigenvalue weighted by molar-refractivity contribution is -0.145.